The van der Waals surface area contributed by atoms with Crippen LogP contribution in [0.2, 0.25) is 5.28 Å². The third-order valence-corrected chi connectivity index (χ3v) is 2.60. The van der Waals surface area contributed by atoms with Crippen LogP contribution in [0.1, 0.15) is 19.2 Å². The van der Waals surface area contributed by atoms with Crippen molar-refractivity contribution in [2.24, 2.45) is 0 Å². The summed E-state index contributed by atoms with van der Waals surface area (Å²) in [6, 6.07) is 7.71. The normalized spacial score (nSPS) is 10.5. The van der Waals surface area contributed by atoms with Crippen LogP contribution in [0.4, 0.5) is 0 Å². The summed E-state index contributed by atoms with van der Waals surface area (Å²) in [6.07, 6.45) is 0.998. The van der Waals surface area contributed by atoms with Gasteiger partial charge in [0.2, 0.25) is 5.28 Å². The minimum atomic E-state index is 0.365. The number of aryl methyl sites for hydroxylation is 1. The Labute approximate surface area is 105 Å². The fraction of sp³-hybridized carbons (Fsp3) is 0.333. The molecule has 0 aliphatic carbocycles. The quantitative estimate of drug-likeness (QED) is 0.839. The summed E-state index contributed by atoms with van der Waals surface area (Å²) in [5.74, 6) is 1.62. The van der Waals surface area contributed by atoms with Crippen molar-refractivity contribution in [2.45, 2.75) is 20.3 Å². The standard InChI is InChI=1S/C12H14ClN3O/c1-3-8-17-11-6-4-10(5-7-11)16-9(2)14-15-12(16)13/h4-7H,3,8H2,1-2H3. The van der Waals surface area contributed by atoms with Crippen molar-refractivity contribution < 1.29 is 4.74 Å². The lowest BCUT2D eigenvalue weighted by Gasteiger charge is -2.07. The van der Waals surface area contributed by atoms with Crippen molar-refractivity contribution in [3.05, 3.63) is 35.4 Å². The van der Waals surface area contributed by atoms with Crippen LogP contribution in [0.25, 0.3) is 5.69 Å². The van der Waals surface area contributed by atoms with E-state index in [1.807, 2.05) is 31.2 Å². The molecule has 1 aromatic heterocycles. The van der Waals surface area contributed by atoms with Gasteiger partial charge in [0.1, 0.15) is 11.6 Å². The molecule has 1 heterocycles. The molecule has 2 rings (SSSR count). The highest BCUT2D eigenvalue weighted by Gasteiger charge is 2.08. The van der Waals surface area contributed by atoms with Crippen molar-refractivity contribution >= 4 is 11.6 Å². The minimum absolute atomic E-state index is 0.365. The Bertz CT molecular complexity index is 473. The molecule has 1 aromatic carbocycles. The number of rotatable bonds is 4. The molecular weight excluding hydrogens is 238 g/mol. The fourth-order valence-corrected chi connectivity index (χ4v) is 1.80. The Morgan fingerprint density at radius 2 is 1.94 bits per heavy atom. The largest absolute Gasteiger partial charge is 0.494 e. The van der Waals surface area contributed by atoms with Gasteiger partial charge in [0.25, 0.3) is 0 Å². The van der Waals surface area contributed by atoms with Gasteiger partial charge in [-0.3, -0.25) is 4.57 Å². The number of nitrogens with zero attached hydrogens (tertiary/aromatic N) is 3. The first-order valence-electron chi connectivity index (χ1n) is 5.53. The number of hydrogen-bond donors (Lipinski definition) is 0. The lowest BCUT2D eigenvalue weighted by molar-refractivity contribution is 0.317. The molecule has 0 aliphatic rings. The second-order valence-electron chi connectivity index (χ2n) is 3.69. The second kappa shape index (κ2) is 5.19. The molecule has 5 heteroatoms. The molecule has 0 aliphatic heterocycles. The number of benzene rings is 1. The van der Waals surface area contributed by atoms with Crippen LogP contribution >= 0.6 is 11.6 Å². The van der Waals surface area contributed by atoms with E-state index in [2.05, 4.69) is 17.1 Å². The SMILES string of the molecule is CCCOc1ccc(-n2c(C)nnc2Cl)cc1. The average Bonchev–Trinajstić information content (AvgIpc) is 2.67. The Kier molecular flexibility index (Phi) is 3.64. The molecule has 4 nitrogen and oxygen atoms in total. The lowest BCUT2D eigenvalue weighted by Crippen LogP contribution is -1.98. The molecule has 0 spiro atoms. The Morgan fingerprint density at radius 1 is 1.24 bits per heavy atom. The number of ether oxygens (including phenoxy) is 1. The summed E-state index contributed by atoms with van der Waals surface area (Å²) >= 11 is 5.96. The third kappa shape index (κ3) is 2.58. The van der Waals surface area contributed by atoms with Crippen molar-refractivity contribution in [3.63, 3.8) is 0 Å². The predicted molar refractivity (Wildman–Crippen MR) is 66.9 cm³/mol. The van der Waals surface area contributed by atoms with E-state index >= 15 is 0 Å². The van der Waals surface area contributed by atoms with Gasteiger partial charge >= 0.3 is 0 Å². The number of aromatic nitrogens is 3. The molecule has 90 valence electrons. The molecule has 17 heavy (non-hydrogen) atoms. The van der Waals surface area contributed by atoms with Crippen molar-refractivity contribution in [1.29, 1.82) is 0 Å². The Morgan fingerprint density at radius 3 is 2.47 bits per heavy atom. The van der Waals surface area contributed by atoms with E-state index in [0.717, 1.165) is 30.3 Å². The third-order valence-electron chi connectivity index (χ3n) is 2.35. The summed E-state index contributed by atoms with van der Waals surface area (Å²) < 4.78 is 7.30. The molecule has 0 radical (unpaired) electrons. The maximum absolute atomic E-state index is 5.96. The van der Waals surface area contributed by atoms with Gasteiger partial charge in [0.15, 0.2) is 0 Å². The van der Waals surface area contributed by atoms with Crippen molar-refractivity contribution in [2.75, 3.05) is 6.61 Å². The van der Waals surface area contributed by atoms with Crippen molar-refractivity contribution in [1.82, 2.24) is 14.8 Å². The topological polar surface area (TPSA) is 39.9 Å². The Balaban J connectivity index is 2.23. The molecule has 2 aromatic rings. The average molecular weight is 252 g/mol. The summed E-state index contributed by atoms with van der Waals surface area (Å²) in [6.45, 7) is 4.67. The highest BCUT2D eigenvalue weighted by atomic mass is 35.5. The van der Waals surface area contributed by atoms with Gasteiger partial charge in [-0.2, -0.15) is 0 Å². The van der Waals surface area contributed by atoms with E-state index in [-0.39, 0.29) is 0 Å². The van der Waals surface area contributed by atoms with Gasteiger partial charge in [0, 0.05) is 0 Å². The van der Waals surface area contributed by atoms with Crippen LogP contribution in [0.15, 0.2) is 24.3 Å². The zero-order valence-corrected chi connectivity index (χ0v) is 10.6. The van der Waals surface area contributed by atoms with Gasteiger partial charge in [-0.1, -0.05) is 6.92 Å². The zero-order valence-electron chi connectivity index (χ0n) is 9.85. The van der Waals surface area contributed by atoms with E-state index in [1.54, 1.807) is 4.57 Å². The smallest absolute Gasteiger partial charge is 0.229 e. The van der Waals surface area contributed by atoms with E-state index in [1.165, 1.54) is 0 Å². The first-order chi connectivity index (χ1) is 8.22. The van der Waals surface area contributed by atoms with Crippen LogP contribution in [0, 0.1) is 6.92 Å². The van der Waals surface area contributed by atoms with Crippen LogP contribution in [-0.4, -0.2) is 21.4 Å². The number of halogens is 1. The van der Waals surface area contributed by atoms with Gasteiger partial charge in [0.05, 0.1) is 12.3 Å². The summed E-state index contributed by atoms with van der Waals surface area (Å²) in [5, 5.41) is 8.09. The van der Waals surface area contributed by atoms with Crippen LogP contribution in [-0.2, 0) is 0 Å². The van der Waals surface area contributed by atoms with E-state index in [9.17, 15) is 0 Å². The van der Waals surface area contributed by atoms with E-state index in [0.29, 0.717) is 5.28 Å². The first-order valence-corrected chi connectivity index (χ1v) is 5.91. The molecule has 0 bridgehead atoms. The molecule has 0 amide bonds. The monoisotopic (exact) mass is 251 g/mol. The molecule has 0 saturated heterocycles. The molecule has 0 saturated carbocycles. The lowest BCUT2D eigenvalue weighted by atomic mass is 10.3. The Hall–Kier alpha value is -1.55. The van der Waals surface area contributed by atoms with Gasteiger partial charge in [-0.25, -0.2) is 0 Å². The zero-order chi connectivity index (χ0) is 12.3. The van der Waals surface area contributed by atoms with Crippen molar-refractivity contribution in [3.8, 4) is 11.4 Å². The number of hydrogen-bond acceptors (Lipinski definition) is 3. The highest BCUT2D eigenvalue weighted by molar-refractivity contribution is 6.28. The summed E-state index contributed by atoms with van der Waals surface area (Å²) in [5.41, 5.74) is 0.932. The maximum atomic E-state index is 5.96. The van der Waals surface area contributed by atoms with Gasteiger partial charge in [-0.15, -0.1) is 10.2 Å². The first kappa shape index (κ1) is 11.9. The van der Waals surface area contributed by atoms with Gasteiger partial charge in [-0.05, 0) is 49.2 Å². The predicted octanol–water partition coefficient (Wildman–Crippen LogP) is 3.02. The molecule has 0 unspecified atom stereocenters. The van der Waals surface area contributed by atoms with Gasteiger partial charge < -0.3 is 4.74 Å². The maximum Gasteiger partial charge on any atom is 0.229 e. The minimum Gasteiger partial charge on any atom is -0.494 e. The van der Waals surface area contributed by atoms with E-state index < -0.39 is 0 Å². The second-order valence-corrected chi connectivity index (χ2v) is 4.03. The van der Waals surface area contributed by atoms with Crippen LogP contribution in [0.3, 0.4) is 0 Å². The van der Waals surface area contributed by atoms with Crippen LogP contribution in [0.5, 0.6) is 5.75 Å². The van der Waals surface area contributed by atoms with Crippen LogP contribution < -0.4 is 4.74 Å². The molecule has 0 fully saturated rings. The molecular formula is C12H14ClN3O. The fourth-order valence-electron chi connectivity index (χ4n) is 1.54. The summed E-state index contributed by atoms with van der Waals surface area (Å²) in [4.78, 5) is 0. The molecule has 0 atom stereocenters. The highest BCUT2D eigenvalue weighted by Crippen LogP contribution is 2.19. The molecule has 0 N–H and O–H groups in total. The summed E-state index contributed by atoms with van der Waals surface area (Å²) in [7, 11) is 0. The van der Waals surface area contributed by atoms with E-state index in [4.69, 9.17) is 16.3 Å².